The smallest absolute Gasteiger partial charge is 0.315 e. The van der Waals surface area contributed by atoms with E-state index < -0.39 is 29.7 Å². The molecule has 9 heteroatoms. The average Bonchev–Trinajstić information content (AvgIpc) is 3.33. The Hall–Kier alpha value is -4.08. The van der Waals surface area contributed by atoms with E-state index >= 15 is 0 Å². The van der Waals surface area contributed by atoms with Crippen molar-refractivity contribution in [1.82, 2.24) is 10.1 Å². The number of aliphatic hydroxyl groups is 1. The van der Waals surface area contributed by atoms with Crippen LogP contribution in [0.4, 0.5) is 10.1 Å². The van der Waals surface area contributed by atoms with E-state index in [1.54, 1.807) is 38.2 Å². The largest absolute Gasteiger partial charge is 0.481 e. The minimum absolute atomic E-state index is 0.334. The molecule has 2 atom stereocenters. The van der Waals surface area contributed by atoms with Crippen molar-refractivity contribution >= 4 is 11.7 Å². The van der Waals surface area contributed by atoms with Gasteiger partial charge in [-0.05, 0) is 44.4 Å². The van der Waals surface area contributed by atoms with Gasteiger partial charge in [-0.3, -0.25) is 9.78 Å². The molecule has 208 valence electrons. The van der Waals surface area contributed by atoms with Crippen LogP contribution in [0.5, 0.6) is 0 Å². The number of pyridine rings is 1. The van der Waals surface area contributed by atoms with Crippen molar-refractivity contribution in [2.45, 2.75) is 63.9 Å². The van der Waals surface area contributed by atoms with E-state index in [1.165, 1.54) is 6.07 Å². The van der Waals surface area contributed by atoms with Crippen LogP contribution in [-0.4, -0.2) is 32.7 Å². The maximum absolute atomic E-state index is 14.1. The van der Waals surface area contributed by atoms with E-state index in [0.717, 1.165) is 36.0 Å². The zero-order valence-corrected chi connectivity index (χ0v) is 22.4. The molecular weight excluding hydrogens is 513 g/mol. The third-order valence-corrected chi connectivity index (χ3v) is 7.66. The van der Waals surface area contributed by atoms with Gasteiger partial charge < -0.3 is 24.8 Å². The van der Waals surface area contributed by atoms with Crippen LogP contribution in [0, 0.1) is 12.7 Å². The predicted octanol–water partition coefficient (Wildman–Crippen LogP) is 6.60. The number of carbonyl (C=O) groups is 1. The number of benzene rings is 2. The molecule has 2 aromatic carbocycles. The second-order valence-corrected chi connectivity index (χ2v) is 10.2. The summed E-state index contributed by atoms with van der Waals surface area (Å²) in [5, 5.41) is 27.4. The highest BCUT2D eigenvalue weighted by Crippen LogP contribution is 2.39. The topological polar surface area (TPSA) is 118 Å². The Morgan fingerprint density at radius 3 is 2.35 bits per heavy atom. The first-order valence-electron chi connectivity index (χ1n) is 13.4. The highest BCUT2D eigenvalue weighted by molar-refractivity contribution is 5.81. The highest BCUT2D eigenvalue weighted by Gasteiger charge is 2.42. The van der Waals surface area contributed by atoms with Crippen LogP contribution in [0.3, 0.4) is 0 Å². The van der Waals surface area contributed by atoms with E-state index in [2.05, 4.69) is 15.5 Å². The Bertz CT molecular complexity index is 1460. The van der Waals surface area contributed by atoms with Gasteiger partial charge >= 0.3 is 5.97 Å². The monoisotopic (exact) mass is 545 g/mol. The van der Waals surface area contributed by atoms with Crippen molar-refractivity contribution < 1.29 is 28.7 Å². The van der Waals surface area contributed by atoms with E-state index in [-0.39, 0.29) is 0 Å². The number of aliphatic hydroxyl groups excluding tert-OH is 1. The second-order valence-electron chi connectivity index (χ2n) is 10.2. The first kappa shape index (κ1) is 27.5. The number of carboxylic acid groups (broad SMARTS) is 1. The lowest BCUT2D eigenvalue weighted by Crippen LogP contribution is -2.38. The molecule has 3 N–H and O–H groups in total. The normalized spacial score (nSPS) is 16.3. The average molecular weight is 546 g/mol. The third-order valence-electron chi connectivity index (χ3n) is 7.66. The van der Waals surface area contributed by atoms with Crippen LogP contribution >= 0.6 is 0 Å². The highest BCUT2D eigenvalue weighted by atomic mass is 19.1. The number of ether oxygens (including phenoxy) is 1. The van der Waals surface area contributed by atoms with Crippen LogP contribution in [0.2, 0.25) is 0 Å². The van der Waals surface area contributed by atoms with Gasteiger partial charge in [0.1, 0.15) is 22.6 Å². The Morgan fingerprint density at radius 2 is 1.70 bits per heavy atom. The van der Waals surface area contributed by atoms with Crippen molar-refractivity contribution in [2.24, 2.45) is 0 Å². The van der Waals surface area contributed by atoms with Crippen molar-refractivity contribution in [3.8, 4) is 22.5 Å². The molecule has 0 bridgehead atoms. The lowest BCUT2D eigenvalue weighted by molar-refractivity contribution is -0.145. The van der Waals surface area contributed by atoms with Crippen LogP contribution in [0.1, 0.15) is 62.1 Å². The summed E-state index contributed by atoms with van der Waals surface area (Å²) in [4.78, 5) is 16.7. The van der Waals surface area contributed by atoms with Gasteiger partial charge in [-0.2, -0.15) is 0 Å². The Kier molecular flexibility index (Phi) is 7.95. The fraction of sp³-hybridized carbons (Fsp3) is 0.323. The molecule has 5 rings (SSSR count). The fourth-order valence-corrected chi connectivity index (χ4v) is 5.36. The van der Waals surface area contributed by atoms with Crippen molar-refractivity contribution in [2.75, 3.05) is 5.32 Å². The summed E-state index contributed by atoms with van der Waals surface area (Å²) in [6.45, 7) is 3.39. The summed E-state index contributed by atoms with van der Waals surface area (Å²) in [7, 11) is 0. The molecule has 0 aliphatic heterocycles. The van der Waals surface area contributed by atoms with E-state index in [4.69, 9.17) is 9.26 Å². The first-order valence-corrected chi connectivity index (χ1v) is 13.4. The number of anilines is 1. The van der Waals surface area contributed by atoms with Crippen LogP contribution < -0.4 is 5.32 Å². The number of aryl methyl sites for hydroxylation is 1. The summed E-state index contributed by atoms with van der Waals surface area (Å²) in [6.07, 6.45) is 3.64. The maximum atomic E-state index is 14.1. The van der Waals surface area contributed by atoms with Crippen molar-refractivity contribution in [1.29, 1.82) is 0 Å². The fourth-order valence-electron chi connectivity index (χ4n) is 5.36. The number of carboxylic acids is 1. The number of nitrogens with zero attached hydrogens (tertiary/aromatic N) is 2. The number of halogens is 1. The van der Waals surface area contributed by atoms with Crippen molar-refractivity contribution in [3.63, 3.8) is 0 Å². The summed E-state index contributed by atoms with van der Waals surface area (Å²) in [5.74, 6) is -0.801. The molecule has 2 unspecified atom stereocenters. The second kappa shape index (κ2) is 11.6. The molecule has 0 radical (unpaired) electrons. The number of aliphatic carboxylic acids is 1. The lowest BCUT2D eigenvalue weighted by Gasteiger charge is -2.32. The van der Waals surface area contributed by atoms with E-state index in [1.807, 2.05) is 36.4 Å². The molecule has 4 aromatic rings. The number of hydrogen-bond acceptors (Lipinski definition) is 7. The summed E-state index contributed by atoms with van der Waals surface area (Å²) in [6, 6.07) is 17.5. The summed E-state index contributed by atoms with van der Waals surface area (Å²) >= 11 is 0. The lowest BCUT2D eigenvalue weighted by atomic mass is 9.71. The molecule has 1 saturated carbocycles. The maximum Gasteiger partial charge on any atom is 0.315 e. The molecule has 0 spiro atoms. The van der Waals surface area contributed by atoms with Gasteiger partial charge in [0.25, 0.3) is 0 Å². The standard InChI is InChI=1S/C31H32FN3O5/c1-19-27(34-30(38)39-20(2)24-8-4-5-9-25(24)32)28(40-35-19)22-12-10-21(11-13-22)23-14-15-26(33-18-23)31(29(36)37)16-6-3-7-17-31/h4-5,8-15,18,20,30,34,38H,3,6-7,16-17H2,1-2H3,(H,36,37). The minimum Gasteiger partial charge on any atom is -0.481 e. The zero-order chi connectivity index (χ0) is 28.3. The molecule has 2 heterocycles. The minimum atomic E-state index is -1.44. The van der Waals surface area contributed by atoms with Crippen molar-refractivity contribution in [3.05, 3.63) is 89.6 Å². The number of hydrogen-bond donors (Lipinski definition) is 3. The Balaban J connectivity index is 1.30. The summed E-state index contributed by atoms with van der Waals surface area (Å²) in [5.41, 5.74) is 3.51. The number of aromatic nitrogens is 2. The molecule has 0 amide bonds. The number of rotatable bonds is 9. The molecule has 1 aliphatic carbocycles. The predicted molar refractivity (Wildman–Crippen MR) is 148 cm³/mol. The number of nitrogens with one attached hydrogen (secondary N) is 1. The third kappa shape index (κ3) is 5.48. The quantitative estimate of drug-likeness (QED) is 0.201. The first-order chi connectivity index (χ1) is 19.3. The van der Waals surface area contributed by atoms with Gasteiger partial charge in [0.05, 0.1) is 11.8 Å². The molecule has 1 fully saturated rings. The van der Waals surface area contributed by atoms with Crippen LogP contribution in [-0.2, 0) is 14.9 Å². The SMILES string of the molecule is Cc1noc(-c2ccc(-c3ccc(C4(C(=O)O)CCCCC4)nc3)cc2)c1NC(O)OC(C)c1ccccc1F. The molecule has 40 heavy (non-hydrogen) atoms. The zero-order valence-electron chi connectivity index (χ0n) is 22.4. The van der Waals surface area contributed by atoms with Crippen LogP contribution in [0.25, 0.3) is 22.5 Å². The Morgan fingerprint density at radius 1 is 1.02 bits per heavy atom. The van der Waals surface area contributed by atoms with Gasteiger partial charge in [-0.15, -0.1) is 0 Å². The van der Waals surface area contributed by atoms with Gasteiger partial charge in [-0.1, -0.05) is 73.0 Å². The van der Waals surface area contributed by atoms with E-state index in [9.17, 15) is 19.4 Å². The molecule has 1 aliphatic rings. The van der Waals surface area contributed by atoms with Crippen LogP contribution in [0.15, 0.2) is 71.4 Å². The molecular formula is C31H32FN3O5. The molecule has 0 saturated heterocycles. The molecule has 2 aromatic heterocycles. The summed E-state index contributed by atoms with van der Waals surface area (Å²) < 4.78 is 25.2. The van der Waals surface area contributed by atoms with Gasteiger partial charge in [-0.25, -0.2) is 4.39 Å². The van der Waals surface area contributed by atoms with Gasteiger partial charge in [0, 0.05) is 22.9 Å². The molecule has 8 nitrogen and oxygen atoms in total. The van der Waals surface area contributed by atoms with Gasteiger partial charge in [0.15, 0.2) is 5.76 Å². The Labute approximate surface area is 231 Å². The van der Waals surface area contributed by atoms with E-state index in [0.29, 0.717) is 41.2 Å². The van der Waals surface area contributed by atoms with Gasteiger partial charge in [0.2, 0.25) is 6.41 Å².